The van der Waals surface area contributed by atoms with Gasteiger partial charge in [0.25, 0.3) is 0 Å². The van der Waals surface area contributed by atoms with Crippen LogP contribution in [-0.2, 0) is 9.59 Å². The number of allylic oxidation sites excluding steroid dienone is 3. The Bertz CT molecular complexity index is 997. The normalized spacial score (nSPS) is 21.6. The molecule has 148 valence electrons. The van der Waals surface area contributed by atoms with E-state index in [0.717, 1.165) is 34.5 Å². The predicted octanol–water partition coefficient (Wildman–Crippen LogP) is 5.70. The van der Waals surface area contributed by atoms with Crippen LogP contribution in [0.3, 0.4) is 0 Å². The maximum Gasteiger partial charge on any atom is 0.232 e. The monoisotopic (exact) mass is 385 g/mol. The highest BCUT2D eigenvalue weighted by Crippen LogP contribution is 2.45. The van der Waals surface area contributed by atoms with Gasteiger partial charge in [-0.25, -0.2) is 0 Å². The number of carbonyl (C=O) groups excluding carboxylic acids is 2. The topological polar surface area (TPSA) is 37.4 Å². The fourth-order valence-corrected chi connectivity index (χ4v) is 4.40. The Balaban J connectivity index is 1.79. The molecule has 2 aliphatic rings. The standard InChI is InChI=1S/C26H27NO2/c1-18-9-13-21(14-10-18)27-22-16-26(2,3)17-23(28)25(22)20(15-24(27)29)12-11-19-7-5-4-6-8-19/h4-14,20H,15-17H2,1-3H3/b12-11+. The van der Waals surface area contributed by atoms with Crippen LogP contribution in [0.25, 0.3) is 6.08 Å². The third-order valence-corrected chi connectivity index (χ3v) is 5.79. The highest BCUT2D eigenvalue weighted by molar-refractivity contribution is 6.07. The van der Waals surface area contributed by atoms with Crippen molar-refractivity contribution in [3.8, 4) is 0 Å². The molecule has 29 heavy (non-hydrogen) atoms. The van der Waals surface area contributed by atoms with Gasteiger partial charge in [0.1, 0.15) is 0 Å². The first kappa shape index (κ1) is 19.4. The quantitative estimate of drug-likeness (QED) is 0.679. The van der Waals surface area contributed by atoms with Crippen LogP contribution in [0.1, 0.15) is 44.2 Å². The molecule has 0 N–H and O–H groups in total. The van der Waals surface area contributed by atoms with Crippen molar-refractivity contribution in [2.45, 2.75) is 40.0 Å². The first-order valence-electron chi connectivity index (χ1n) is 10.2. The van der Waals surface area contributed by atoms with Crippen LogP contribution in [0.2, 0.25) is 0 Å². The highest BCUT2D eigenvalue weighted by Gasteiger charge is 2.43. The van der Waals surface area contributed by atoms with Crippen LogP contribution in [-0.4, -0.2) is 11.7 Å². The smallest absolute Gasteiger partial charge is 0.232 e. The van der Waals surface area contributed by atoms with E-state index in [1.54, 1.807) is 4.90 Å². The zero-order valence-electron chi connectivity index (χ0n) is 17.3. The Kier molecular flexibility index (Phi) is 4.99. The molecular weight excluding hydrogens is 358 g/mol. The van der Waals surface area contributed by atoms with E-state index in [1.807, 2.05) is 73.7 Å². The summed E-state index contributed by atoms with van der Waals surface area (Å²) in [5.74, 6) is 0.0624. The number of carbonyl (C=O) groups is 2. The van der Waals surface area contributed by atoms with Crippen LogP contribution in [0.15, 0.2) is 71.9 Å². The summed E-state index contributed by atoms with van der Waals surface area (Å²) >= 11 is 0. The van der Waals surface area contributed by atoms with Gasteiger partial charge in [-0.3, -0.25) is 14.5 Å². The van der Waals surface area contributed by atoms with Gasteiger partial charge in [-0.2, -0.15) is 0 Å². The lowest BCUT2D eigenvalue weighted by molar-refractivity contribution is -0.121. The third-order valence-electron chi connectivity index (χ3n) is 5.79. The van der Waals surface area contributed by atoms with E-state index in [0.29, 0.717) is 12.8 Å². The summed E-state index contributed by atoms with van der Waals surface area (Å²) < 4.78 is 0. The molecule has 1 aliphatic carbocycles. The molecule has 0 saturated carbocycles. The molecule has 2 aromatic rings. The minimum absolute atomic E-state index is 0.0563. The van der Waals surface area contributed by atoms with E-state index in [2.05, 4.69) is 13.8 Å². The van der Waals surface area contributed by atoms with Crippen molar-refractivity contribution in [3.05, 3.63) is 83.1 Å². The van der Waals surface area contributed by atoms with Gasteiger partial charge < -0.3 is 0 Å². The van der Waals surface area contributed by atoms with Crippen molar-refractivity contribution in [2.24, 2.45) is 11.3 Å². The average Bonchev–Trinajstić information content (AvgIpc) is 2.67. The van der Waals surface area contributed by atoms with Gasteiger partial charge >= 0.3 is 0 Å². The third kappa shape index (κ3) is 3.95. The summed E-state index contributed by atoms with van der Waals surface area (Å²) in [7, 11) is 0. The Morgan fingerprint density at radius 3 is 2.34 bits per heavy atom. The van der Waals surface area contributed by atoms with Crippen molar-refractivity contribution >= 4 is 23.5 Å². The minimum Gasteiger partial charge on any atom is -0.294 e. The summed E-state index contributed by atoms with van der Waals surface area (Å²) in [5, 5.41) is 0. The molecule has 3 nitrogen and oxygen atoms in total. The highest BCUT2D eigenvalue weighted by atomic mass is 16.2. The van der Waals surface area contributed by atoms with Crippen molar-refractivity contribution in [1.82, 2.24) is 0 Å². The largest absolute Gasteiger partial charge is 0.294 e. The van der Waals surface area contributed by atoms with Crippen LogP contribution in [0, 0.1) is 18.3 Å². The lowest BCUT2D eigenvalue weighted by atomic mass is 9.70. The second-order valence-corrected chi connectivity index (χ2v) is 8.95. The van der Waals surface area contributed by atoms with Crippen LogP contribution in [0.5, 0.6) is 0 Å². The zero-order valence-corrected chi connectivity index (χ0v) is 17.3. The molecule has 0 saturated heterocycles. The molecule has 0 fully saturated rings. The van der Waals surface area contributed by atoms with Crippen LogP contribution in [0.4, 0.5) is 5.69 Å². The molecule has 1 unspecified atom stereocenters. The summed E-state index contributed by atoms with van der Waals surface area (Å²) in [6.45, 7) is 6.25. The van der Waals surface area contributed by atoms with Gasteiger partial charge in [0, 0.05) is 35.7 Å². The fraction of sp³-hybridized carbons (Fsp3) is 0.308. The number of hydrogen-bond acceptors (Lipinski definition) is 2. The van der Waals surface area contributed by atoms with E-state index in [1.165, 1.54) is 0 Å². The zero-order chi connectivity index (χ0) is 20.6. The predicted molar refractivity (Wildman–Crippen MR) is 117 cm³/mol. The number of aryl methyl sites for hydroxylation is 1. The van der Waals surface area contributed by atoms with Gasteiger partial charge in [0.2, 0.25) is 5.91 Å². The van der Waals surface area contributed by atoms with Gasteiger partial charge in [-0.15, -0.1) is 0 Å². The lowest BCUT2D eigenvalue weighted by Gasteiger charge is -2.42. The Morgan fingerprint density at radius 2 is 1.66 bits per heavy atom. The average molecular weight is 386 g/mol. The second-order valence-electron chi connectivity index (χ2n) is 8.95. The van der Waals surface area contributed by atoms with E-state index >= 15 is 0 Å². The molecule has 1 amide bonds. The maximum absolute atomic E-state index is 13.2. The molecule has 0 radical (unpaired) electrons. The number of nitrogens with zero attached hydrogens (tertiary/aromatic N) is 1. The van der Waals surface area contributed by atoms with Crippen molar-refractivity contribution in [3.63, 3.8) is 0 Å². The number of hydrogen-bond donors (Lipinski definition) is 0. The molecule has 1 atom stereocenters. The number of Topliss-reactive ketones (excluding diaryl/α,β-unsaturated/α-hetero) is 1. The van der Waals surface area contributed by atoms with Crippen molar-refractivity contribution < 1.29 is 9.59 Å². The van der Waals surface area contributed by atoms with E-state index < -0.39 is 0 Å². The number of anilines is 1. The second kappa shape index (κ2) is 7.47. The molecule has 4 rings (SSSR count). The van der Waals surface area contributed by atoms with Crippen LogP contribution < -0.4 is 4.90 Å². The van der Waals surface area contributed by atoms with E-state index in [4.69, 9.17) is 0 Å². The Hall–Kier alpha value is -2.94. The van der Waals surface area contributed by atoms with Crippen LogP contribution >= 0.6 is 0 Å². The number of benzene rings is 2. The number of rotatable bonds is 3. The fourth-order valence-electron chi connectivity index (χ4n) is 4.40. The molecular formula is C26H27NO2. The molecule has 0 bridgehead atoms. The molecule has 0 aromatic heterocycles. The summed E-state index contributed by atoms with van der Waals surface area (Å²) in [4.78, 5) is 28.2. The number of amides is 1. The summed E-state index contributed by atoms with van der Waals surface area (Å²) in [6.07, 6.45) is 5.63. The van der Waals surface area contributed by atoms with E-state index in [9.17, 15) is 9.59 Å². The minimum atomic E-state index is -0.164. The summed E-state index contributed by atoms with van der Waals surface area (Å²) in [6, 6.07) is 18.0. The molecule has 3 heteroatoms. The van der Waals surface area contributed by atoms with Gasteiger partial charge in [0.05, 0.1) is 0 Å². The molecule has 2 aromatic carbocycles. The van der Waals surface area contributed by atoms with E-state index in [-0.39, 0.29) is 23.0 Å². The van der Waals surface area contributed by atoms with Crippen molar-refractivity contribution in [2.75, 3.05) is 4.90 Å². The van der Waals surface area contributed by atoms with Gasteiger partial charge in [0.15, 0.2) is 5.78 Å². The lowest BCUT2D eigenvalue weighted by Crippen LogP contribution is -2.44. The first-order valence-corrected chi connectivity index (χ1v) is 10.2. The Labute approximate surface area is 172 Å². The number of ketones is 1. The summed E-state index contributed by atoms with van der Waals surface area (Å²) in [5.41, 5.74) is 4.63. The molecule has 0 spiro atoms. The molecule has 1 aliphatic heterocycles. The maximum atomic E-state index is 13.2. The Morgan fingerprint density at radius 1 is 0.966 bits per heavy atom. The van der Waals surface area contributed by atoms with Gasteiger partial charge in [-0.1, -0.05) is 74.0 Å². The SMILES string of the molecule is Cc1ccc(N2C(=O)CC(/C=C/c3ccccc3)C3=C2CC(C)(C)CC3=O)cc1. The van der Waals surface area contributed by atoms with Gasteiger partial charge in [-0.05, 0) is 36.5 Å². The molecule has 1 heterocycles. The first-order chi connectivity index (χ1) is 13.8. The van der Waals surface area contributed by atoms with Crippen molar-refractivity contribution in [1.29, 1.82) is 0 Å².